The van der Waals surface area contributed by atoms with Crippen molar-refractivity contribution in [1.29, 1.82) is 0 Å². The Balaban J connectivity index is 1.84. The minimum Gasteiger partial charge on any atom is -0.502 e. The molecule has 13 heteroatoms. The first-order valence-corrected chi connectivity index (χ1v) is 8.93. The summed E-state index contributed by atoms with van der Waals surface area (Å²) in [5.41, 5.74) is -1.08. The van der Waals surface area contributed by atoms with Crippen molar-refractivity contribution in [1.82, 2.24) is 10.2 Å². The van der Waals surface area contributed by atoms with Gasteiger partial charge in [0.1, 0.15) is 12.2 Å². The Morgan fingerprint density at radius 3 is 2.41 bits per heavy atom. The van der Waals surface area contributed by atoms with E-state index in [-0.39, 0.29) is 0 Å². The summed E-state index contributed by atoms with van der Waals surface area (Å²) in [4.78, 5) is 57.6. The molecule has 2 aromatic carbocycles. The van der Waals surface area contributed by atoms with Gasteiger partial charge in [0.25, 0.3) is 11.6 Å². The van der Waals surface area contributed by atoms with E-state index in [0.29, 0.717) is 16.7 Å². The van der Waals surface area contributed by atoms with Gasteiger partial charge >= 0.3 is 11.7 Å². The van der Waals surface area contributed by atoms with Crippen LogP contribution in [0.5, 0.6) is 5.75 Å². The van der Waals surface area contributed by atoms with E-state index in [1.165, 1.54) is 0 Å². The van der Waals surface area contributed by atoms with Crippen molar-refractivity contribution in [2.24, 2.45) is 0 Å². The minimum atomic E-state index is -1.03. The molecule has 0 bridgehead atoms. The number of non-ortho nitro benzene ring substituents is 1. The largest absolute Gasteiger partial charge is 0.502 e. The number of hydrogen-bond acceptors (Lipinski definition) is 8. The van der Waals surface area contributed by atoms with Crippen LogP contribution in [0.4, 0.5) is 21.9 Å². The topological polar surface area (TPSA) is 185 Å². The second-order valence-electron chi connectivity index (χ2n) is 6.71. The molecule has 3 N–H and O–H groups in total. The molecule has 1 fully saturated rings. The molecule has 164 valence electrons. The van der Waals surface area contributed by atoms with Crippen LogP contribution < -0.4 is 10.6 Å². The molecule has 0 atom stereocenters. The number of benzene rings is 2. The summed E-state index contributed by atoms with van der Waals surface area (Å²) in [6.45, 7) is 1.23. The zero-order chi connectivity index (χ0) is 23.6. The fourth-order valence-corrected chi connectivity index (χ4v) is 2.83. The molecule has 1 saturated heterocycles. The quantitative estimate of drug-likeness (QED) is 0.263. The standard InChI is InChI=1S/C19H15N5O8/c1-10-2-4-12(5-3-10)20-16(25)9-22-18(27)14(21-19(22)28)7-11-6-13(23(29)30)8-15(17(11)26)24(31)32/h2-8,26H,9H2,1H3,(H,20,25)(H,21,28)/b14-7+. The Morgan fingerprint density at radius 2 is 1.81 bits per heavy atom. The van der Waals surface area contributed by atoms with E-state index in [1.54, 1.807) is 24.3 Å². The van der Waals surface area contributed by atoms with E-state index in [0.717, 1.165) is 17.7 Å². The summed E-state index contributed by atoms with van der Waals surface area (Å²) in [6.07, 6.45) is 0.855. The molecule has 0 aromatic heterocycles. The SMILES string of the molecule is Cc1ccc(NC(=O)CN2C(=O)N/C(=C/c3cc([N+](=O)[O-])cc([N+](=O)[O-])c3O)C2=O)cc1. The molecule has 0 unspecified atom stereocenters. The summed E-state index contributed by atoms with van der Waals surface area (Å²) >= 11 is 0. The van der Waals surface area contributed by atoms with E-state index < -0.39 is 62.6 Å². The smallest absolute Gasteiger partial charge is 0.329 e. The normalized spacial score (nSPS) is 14.4. The molecule has 1 aliphatic heterocycles. The van der Waals surface area contributed by atoms with Crippen molar-refractivity contribution in [3.05, 3.63) is 73.5 Å². The highest BCUT2D eigenvalue weighted by molar-refractivity contribution is 6.16. The van der Waals surface area contributed by atoms with Gasteiger partial charge in [-0.3, -0.25) is 29.8 Å². The predicted octanol–water partition coefficient (Wildman–Crippen LogP) is 2.05. The van der Waals surface area contributed by atoms with Gasteiger partial charge < -0.3 is 15.7 Å². The van der Waals surface area contributed by atoms with Crippen LogP contribution in [0.3, 0.4) is 0 Å². The van der Waals surface area contributed by atoms with Gasteiger partial charge in [0.2, 0.25) is 11.7 Å². The highest BCUT2D eigenvalue weighted by Gasteiger charge is 2.35. The molecule has 1 aliphatic rings. The number of nitro benzene ring substituents is 2. The maximum Gasteiger partial charge on any atom is 0.329 e. The molecule has 0 saturated carbocycles. The number of amides is 4. The number of nitrogens with one attached hydrogen (secondary N) is 2. The molecule has 32 heavy (non-hydrogen) atoms. The molecule has 13 nitrogen and oxygen atoms in total. The second kappa shape index (κ2) is 8.51. The number of carbonyl (C=O) groups is 3. The molecule has 0 spiro atoms. The lowest BCUT2D eigenvalue weighted by molar-refractivity contribution is -0.394. The van der Waals surface area contributed by atoms with Crippen molar-refractivity contribution < 1.29 is 29.3 Å². The summed E-state index contributed by atoms with van der Waals surface area (Å²) in [7, 11) is 0. The number of phenols is 1. The number of nitro groups is 2. The number of aryl methyl sites for hydroxylation is 1. The van der Waals surface area contributed by atoms with Crippen LogP contribution in [0.2, 0.25) is 0 Å². The first-order valence-electron chi connectivity index (χ1n) is 8.93. The Bertz CT molecular complexity index is 1190. The third-order valence-corrected chi connectivity index (χ3v) is 4.41. The van der Waals surface area contributed by atoms with E-state index in [2.05, 4.69) is 10.6 Å². The van der Waals surface area contributed by atoms with Crippen molar-refractivity contribution in [3.8, 4) is 5.75 Å². The number of phenolic OH excluding ortho intramolecular Hbond substituents is 1. The summed E-state index contributed by atoms with van der Waals surface area (Å²) < 4.78 is 0. The van der Waals surface area contributed by atoms with Crippen LogP contribution in [-0.4, -0.2) is 44.2 Å². The first-order chi connectivity index (χ1) is 15.1. The van der Waals surface area contributed by atoms with E-state index in [4.69, 9.17) is 0 Å². The third-order valence-electron chi connectivity index (χ3n) is 4.41. The Kier molecular flexibility index (Phi) is 5.82. The minimum absolute atomic E-state index is 0.428. The number of urea groups is 1. The number of hydrogen-bond donors (Lipinski definition) is 3. The van der Waals surface area contributed by atoms with Gasteiger partial charge in [-0.05, 0) is 25.1 Å². The van der Waals surface area contributed by atoms with Crippen LogP contribution >= 0.6 is 0 Å². The molecule has 1 heterocycles. The van der Waals surface area contributed by atoms with Gasteiger partial charge in [0.05, 0.1) is 15.9 Å². The summed E-state index contributed by atoms with van der Waals surface area (Å²) in [5, 5.41) is 36.8. The highest BCUT2D eigenvalue weighted by Crippen LogP contribution is 2.35. The fourth-order valence-electron chi connectivity index (χ4n) is 2.83. The lowest BCUT2D eigenvalue weighted by atomic mass is 10.1. The van der Waals surface area contributed by atoms with E-state index in [1.807, 2.05) is 6.92 Å². The lowest BCUT2D eigenvalue weighted by Gasteiger charge is -2.12. The van der Waals surface area contributed by atoms with Crippen LogP contribution in [0, 0.1) is 27.2 Å². The van der Waals surface area contributed by atoms with E-state index >= 15 is 0 Å². The van der Waals surface area contributed by atoms with Gasteiger partial charge in [0.15, 0.2) is 0 Å². The molecule has 2 aromatic rings. The number of nitrogens with zero attached hydrogens (tertiary/aromatic N) is 3. The van der Waals surface area contributed by atoms with Gasteiger partial charge in [-0.1, -0.05) is 17.7 Å². The zero-order valence-corrected chi connectivity index (χ0v) is 16.4. The van der Waals surface area contributed by atoms with Crippen molar-refractivity contribution in [2.45, 2.75) is 6.92 Å². The van der Waals surface area contributed by atoms with Crippen LogP contribution in [0.25, 0.3) is 6.08 Å². The van der Waals surface area contributed by atoms with Crippen molar-refractivity contribution >= 4 is 41.0 Å². The van der Waals surface area contributed by atoms with Gasteiger partial charge in [-0.25, -0.2) is 9.69 Å². The van der Waals surface area contributed by atoms with Gasteiger partial charge in [-0.2, -0.15) is 0 Å². The average Bonchev–Trinajstić information content (AvgIpc) is 2.98. The molecule has 3 rings (SSSR count). The van der Waals surface area contributed by atoms with E-state index in [9.17, 15) is 39.7 Å². The Labute approximate surface area is 179 Å². The van der Waals surface area contributed by atoms with Crippen LogP contribution in [0.1, 0.15) is 11.1 Å². The van der Waals surface area contributed by atoms with Gasteiger partial charge in [0, 0.05) is 17.3 Å². The third kappa shape index (κ3) is 4.51. The average molecular weight is 441 g/mol. The first kappa shape index (κ1) is 21.9. The molecule has 0 radical (unpaired) electrons. The predicted molar refractivity (Wildman–Crippen MR) is 109 cm³/mol. The number of carbonyl (C=O) groups excluding carboxylic acids is 3. The maximum atomic E-state index is 12.5. The molecule has 0 aliphatic carbocycles. The summed E-state index contributed by atoms with van der Waals surface area (Å²) in [5.74, 6) is -2.54. The monoisotopic (exact) mass is 441 g/mol. The fraction of sp³-hybridized carbons (Fsp3) is 0.105. The second-order valence-corrected chi connectivity index (χ2v) is 6.71. The summed E-state index contributed by atoms with van der Waals surface area (Å²) in [6, 6.07) is 7.23. The lowest BCUT2D eigenvalue weighted by Crippen LogP contribution is -2.38. The van der Waals surface area contributed by atoms with Crippen molar-refractivity contribution in [3.63, 3.8) is 0 Å². The molecular weight excluding hydrogens is 426 g/mol. The molecule has 4 amide bonds. The number of aromatic hydroxyl groups is 1. The van der Waals surface area contributed by atoms with Crippen molar-refractivity contribution in [2.75, 3.05) is 11.9 Å². The Hall–Kier alpha value is -4.81. The number of anilines is 1. The van der Waals surface area contributed by atoms with Gasteiger partial charge in [-0.15, -0.1) is 0 Å². The maximum absolute atomic E-state index is 12.5. The number of rotatable bonds is 6. The van der Waals surface area contributed by atoms with Crippen LogP contribution in [-0.2, 0) is 9.59 Å². The highest BCUT2D eigenvalue weighted by atomic mass is 16.6. The number of imide groups is 1. The Morgan fingerprint density at radius 1 is 1.16 bits per heavy atom. The molecular formula is C19H15N5O8. The zero-order valence-electron chi connectivity index (χ0n) is 16.4. The van der Waals surface area contributed by atoms with Crippen LogP contribution in [0.15, 0.2) is 42.1 Å².